The number of fused-ring (bicyclic) bond motifs is 2. The van der Waals surface area contributed by atoms with Gasteiger partial charge in [-0.2, -0.15) is 0 Å². The van der Waals surface area contributed by atoms with Crippen LogP contribution in [0.3, 0.4) is 0 Å². The average Bonchev–Trinajstić information content (AvgIpc) is 3.33. The van der Waals surface area contributed by atoms with Gasteiger partial charge >= 0.3 is 0 Å². The Balaban J connectivity index is 1.11. The van der Waals surface area contributed by atoms with Crippen molar-refractivity contribution in [3.63, 3.8) is 0 Å². The van der Waals surface area contributed by atoms with Gasteiger partial charge in [0.05, 0.1) is 16.8 Å². The molecule has 0 aliphatic carbocycles. The lowest BCUT2D eigenvalue weighted by atomic mass is 9.65. The lowest BCUT2D eigenvalue weighted by Gasteiger charge is -2.40. The Hall–Kier alpha value is -7.76. The first kappa shape index (κ1) is 45.0. The fourth-order valence-corrected chi connectivity index (χ4v) is 10.2. The van der Waals surface area contributed by atoms with Gasteiger partial charge in [0.2, 0.25) is 0 Å². The molecule has 0 amide bonds. The maximum Gasteiger partial charge on any atom is 0.132 e. The molecule has 0 bridgehead atoms. The minimum atomic E-state index is -0.786. The van der Waals surface area contributed by atoms with Gasteiger partial charge in [-0.1, -0.05) is 138 Å². The van der Waals surface area contributed by atoms with Gasteiger partial charge in [0.1, 0.15) is 23.0 Å². The van der Waals surface area contributed by atoms with E-state index >= 15 is 0 Å². The van der Waals surface area contributed by atoms with Crippen LogP contribution in [0.1, 0.15) is 91.7 Å². The van der Waals surface area contributed by atoms with E-state index in [1.165, 1.54) is 33.4 Å². The minimum absolute atomic E-state index is 0.0318. The molecule has 5 nitrogen and oxygen atoms in total. The molecule has 0 spiro atoms. The van der Waals surface area contributed by atoms with Crippen molar-refractivity contribution in [1.29, 1.82) is 0 Å². The maximum atomic E-state index is 7.10. The number of hydrogen-bond acceptors (Lipinski definition) is 5. The number of aromatic nitrogens is 2. The number of ether oxygens (including phenoxy) is 2. The molecule has 0 unspecified atom stereocenters. The average molecular weight is 902 g/mol. The van der Waals surface area contributed by atoms with Crippen LogP contribution in [0.4, 0.5) is 17.1 Å². The van der Waals surface area contributed by atoms with Crippen molar-refractivity contribution in [3.8, 4) is 45.4 Å². The molecule has 69 heavy (non-hydrogen) atoms. The number of pyridine rings is 2. The van der Waals surface area contributed by atoms with Crippen LogP contribution in [0.15, 0.2) is 194 Å². The van der Waals surface area contributed by atoms with E-state index in [-0.39, 0.29) is 10.8 Å². The molecule has 1 aliphatic rings. The summed E-state index contributed by atoms with van der Waals surface area (Å²) >= 11 is 0. The second-order valence-corrected chi connectivity index (χ2v) is 20.5. The highest BCUT2D eigenvalue weighted by Gasteiger charge is 2.46. The monoisotopic (exact) mass is 901 g/mol. The first-order valence-corrected chi connectivity index (χ1v) is 23.9. The largest absolute Gasteiger partial charge is 0.457 e. The Morgan fingerprint density at radius 1 is 0.478 bits per heavy atom. The fraction of sp³-hybridized carbons (Fsp3) is 0.188. The van der Waals surface area contributed by atoms with Crippen molar-refractivity contribution < 1.29 is 9.47 Å². The quantitative estimate of drug-likeness (QED) is 0.144. The van der Waals surface area contributed by atoms with Gasteiger partial charge < -0.3 is 14.4 Å². The van der Waals surface area contributed by atoms with Crippen LogP contribution in [0.25, 0.3) is 22.4 Å². The molecule has 0 saturated carbocycles. The van der Waals surface area contributed by atoms with E-state index in [4.69, 9.17) is 19.4 Å². The summed E-state index contributed by atoms with van der Waals surface area (Å²) in [6.45, 7) is 20.1. The van der Waals surface area contributed by atoms with Gasteiger partial charge in [0.25, 0.3) is 0 Å². The van der Waals surface area contributed by atoms with E-state index in [0.29, 0.717) is 11.5 Å². The molecule has 9 aromatic rings. The summed E-state index contributed by atoms with van der Waals surface area (Å²) in [7, 11) is 0. The number of aryl methyl sites for hydroxylation is 3. The van der Waals surface area contributed by atoms with Gasteiger partial charge in [-0.15, -0.1) is 0 Å². The summed E-state index contributed by atoms with van der Waals surface area (Å²) in [4.78, 5) is 12.5. The summed E-state index contributed by atoms with van der Waals surface area (Å²) in [5.74, 6) is 3.01. The van der Waals surface area contributed by atoms with Crippen LogP contribution in [-0.2, 0) is 16.2 Å². The Kier molecular flexibility index (Phi) is 11.6. The molecule has 0 N–H and O–H groups in total. The summed E-state index contributed by atoms with van der Waals surface area (Å²) < 4.78 is 13.7. The molecule has 10 rings (SSSR count). The topological polar surface area (TPSA) is 47.5 Å². The number of nitrogens with zero attached hydrogens (tertiary/aromatic N) is 3. The molecule has 342 valence electrons. The molecule has 0 radical (unpaired) electrons. The molecule has 3 heterocycles. The Bertz CT molecular complexity index is 3200. The van der Waals surface area contributed by atoms with Crippen molar-refractivity contribution in [2.75, 3.05) is 4.90 Å². The summed E-state index contributed by atoms with van der Waals surface area (Å²) in [5.41, 5.74) is 16.6. The summed E-state index contributed by atoms with van der Waals surface area (Å²) in [6.07, 6.45) is 3.79. The van der Waals surface area contributed by atoms with Crippen molar-refractivity contribution in [3.05, 3.63) is 245 Å². The number of rotatable bonds is 9. The van der Waals surface area contributed by atoms with Gasteiger partial charge in [0, 0.05) is 46.1 Å². The third-order valence-corrected chi connectivity index (χ3v) is 13.5. The van der Waals surface area contributed by atoms with Crippen LogP contribution in [0.5, 0.6) is 23.0 Å². The number of benzene rings is 7. The van der Waals surface area contributed by atoms with Gasteiger partial charge in [0.15, 0.2) is 0 Å². The zero-order valence-electron chi connectivity index (χ0n) is 41.1. The minimum Gasteiger partial charge on any atom is -0.457 e. The molecule has 7 aromatic carbocycles. The molecule has 0 fully saturated rings. The normalized spacial score (nSPS) is 12.9. The lowest BCUT2D eigenvalue weighted by molar-refractivity contribution is 0.431. The zero-order valence-corrected chi connectivity index (χ0v) is 41.1. The predicted molar refractivity (Wildman–Crippen MR) is 284 cm³/mol. The Labute approximate surface area is 408 Å². The van der Waals surface area contributed by atoms with Crippen molar-refractivity contribution in [1.82, 2.24) is 9.97 Å². The molecule has 0 saturated heterocycles. The van der Waals surface area contributed by atoms with Crippen LogP contribution < -0.4 is 14.4 Å². The molecular weight excluding hydrogens is 843 g/mol. The second-order valence-electron chi connectivity index (χ2n) is 20.5. The lowest BCUT2D eigenvalue weighted by Crippen LogP contribution is -2.35. The van der Waals surface area contributed by atoms with Crippen LogP contribution in [0, 0.1) is 20.8 Å². The van der Waals surface area contributed by atoms with E-state index < -0.39 is 5.41 Å². The molecular formula is C64H59N3O2. The van der Waals surface area contributed by atoms with Crippen LogP contribution >= 0.6 is 0 Å². The standard InChI is InChI=1S/C64H59N3O2/c1-42-35-43(2)61(44(3)36-42)46-37-45(57-41-52(32-34-65-57)67(50-28-24-47(25-29-50)62(4,5)6)51-30-26-48(27-31-51)63(7,8)9)38-54(39-46)68-53-18-16-17-49(40-53)64(60-23-14-15-33-66-60)55-19-10-12-21-58(55)69-59-22-13-11-20-56(59)64/h10-41H,1-9H3. The highest BCUT2D eigenvalue weighted by Crippen LogP contribution is 2.55. The summed E-state index contributed by atoms with van der Waals surface area (Å²) in [6, 6.07) is 64.4. The molecule has 1 aliphatic heterocycles. The SMILES string of the molecule is Cc1cc(C)c(-c2cc(Oc3cccc(C4(c5ccccn5)c5ccccc5Oc5ccccc54)c3)cc(-c3cc(N(c4ccc(C(C)(C)C)cc4)c4ccc(C(C)(C)C)cc4)ccn3)c2)c(C)c1. The van der Waals surface area contributed by atoms with Gasteiger partial charge in [-0.25, -0.2) is 0 Å². The van der Waals surface area contributed by atoms with E-state index in [0.717, 1.165) is 67.8 Å². The smallest absolute Gasteiger partial charge is 0.132 e. The van der Waals surface area contributed by atoms with Gasteiger partial charge in [-0.05, 0) is 162 Å². The van der Waals surface area contributed by atoms with Crippen LogP contribution in [0.2, 0.25) is 0 Å². The maximum absolute atomic E-state index is 7.10. The molecule has 2 aromatic heterocycles. The molecule has 5 heteroatoms. The van der Waals surface area contributed by atoms with Crippen molar-refractivity contribution >= 4 is 17.1 Å². The highest BCUT2D eigenvalue weighted by atomic mass is 16.5. The van der Waals surface area contributed by atoms with Crippen LogP contribution in [-0.4, -0.2) is 9.97 Å². The summed E-state index contributed by atoms with van der Waals surface area (Å²) in [5, 5.41) is 0. The first-order chi connectivity index (χ1) is 33.2. The second kappa shape index (κ2) is 17.7. The zero-order chi connectivity index (χ0) is 48.1. The van der Waals surface area contributed by atoms with Crippen molar-refractivity contribution in [2.24, 2.45) is 0 Å². The fourth-order valence-electron chi connectivity index (χ4n) is 10.2. The Morgan fingerprint density at radius 2 is 1.06 bits per heavy atom. The third kappa shape index (κ3) is 8.59. The van der Waals surface area contributed by atoms with E-state index in [1.54, 1.807) is 0 Å². The number of anilines is 3. The van der Waals surface area contributed by atoms with E-state index in [1.807, 2.05) is 48.8 Å². The first-order valence-electron chi connectivity index (χ1n) is 23.9. The number of para-hydroxylation sites is 2. The Morgan fingerprint density at radius 3 is 1.64 bits per heavy atom. The highest BCUT2D eigenvalue weighted by molar-refractivity contribution is 5.82. The van der Waals surface area contributed by atoms with E-state index in [9.17, 15) is 0 Å². The third-order valence-electron chi connectivity index (χ3n) is 13.5. The number of hydrogen-bond donors (Lipinski definition) is 0. The van der Waals surface area contributed by atoms with E-state index in [2.05, 4.69) is 213 Å². The van der Waals surface area contributed by atoms with Gasteiger partial charge in [-0.3, -0.25) is 9.97 Å². The predicted octanol–water partition coefficient (Wildman–Crippen LogP) is 17.1. The van der Waals surface area contributed by atoms with Crippen molar-refractivity contribution in [2.45, 2.75) is 78.6 Å². The molecule has 0 atom stereocenters.